The average Bonchev–Trinajstić information content (AvgIpc) is 2.56. The van der Waals surface area contributed by atoms with E-state index in [1.54, 1.807) is 19.1 Å². The summed E-state index contributed by atoms with van der Waals surface area (Å²) in [6.07, 6.45) is -0.974. The summed E-state index contributed by atoms with van der Waals surface area (Å²) in [6.45, 7) is 9.55. The van der Waals surface area contributed by atoms with Crippen LogP contribution in [0.5, 0.6) is 11.6 Å². The fraction of sp³-hybridized carbons (Fsp3) is 0.421. The molecule has 0 atom stereocenters. The van der Waals surface area contributed by atoms with Gasteiger partial charge in [-0.3, -0.25) is 0 Å². The third-order valence-electron chi connectivity index (χ3n) is 3.30. The summed E-state index contributed by atoms with van der Waals surface area (Å²) in [5, 5.41) is 0.624. The van der Waals surface area contributed by atoms with Crippen molar-refractivity contribution in [2.24, 2.45) is 0 Å². The number of aromatic nitrogens is 2. The van der Waals surface area contributed by atoms with E-state index >= 15 is 0 Å². The highest BCUT2D eigenvalue weighted by Gasteiger charge is 2.24. The van der Waals surface area contributed by atoms with Crippen LogP contribution in [0.3, 0.4) is 0 Å². The van der Waals surface area contributed by atoms with Crippen LogP contribution in [0, 0.1) is 0 Å². The van der Waals surface area contributed by atoms with E-state index in [9.17, 15) is 4.79 Å². The van der Waals surface area contributed by atoms with E-state index in [1.807, 2.05) is 39.8 Å². The summed E-state index contributed by atoms with van der Waals surface area (Å²) in [5.41, 5.74) is 1.35. The van der Waals surface area contributed by atoms with Crippen molar-refractivity contribution in [2.75, 3.05) is 6.61 Å². The summed E-state index contributed by atoms with van der Waals surface area (Å²) in [6, 6.07) is 7.18. The fourth-order valence-corrected chi connectivity index (χ4v) is 2.32. The van der Waals surface area contributed by atoms with Crippen LogP contribution in [-0.4, -0.2) is 28.8 Å². The van der Waals surface area contributed by atoms with E-state index in [2.05, 4.69) is 9.97 Å². The van der Waals surface area contributed by atoms with Gasteiger partial charge in [-0.05, 0) is 51.0 Å². The van der Waals surface area contributed by atoms with Crippen LogP contribution in [0.1, 0.15) is 46.2 Å². The van der Waals surface area contributed by atoms with Crippen LogP contribution in [0.2, 0.25) is 5.02 Å². The largest absolute Gasteiger partial charge is 0.514 e. The van der Waals surface area contributed by atoms with Gasteiger partial charge in [-0.25, -0.2) is 9.78 Å². The summed E-state index contributed by atoms with van der Waals surface area (Å²) in [7, 11) is 0. The van der Waals surface area contributed by atoms with Crippen LogP contribution >= 0.6 is 11.6 Å². The average molecular weight is 379 g/mol. The zero-order valence-corrected chi connectivity index (χ0v) is 16.3. The van der Waals surface area contributed by atoms with Crippen molar-refractivity contribution in [3.8, 4) is 23.0 Å². The first kappa shape index (κ1) is 20.0. The number of hydrogen-bond acceptors (Lipinski definition) is 6. The van der Waals surface area contributed by atoms with Crippen molar-refractivity contribution in [1.29, 1.82) is 0 Å². The molecule has 0 N–H and O–H groups in total. The van der Waals surface area contributed by atoms with Gasteiger partial charge < -0.3 is 14.2 Å². The Kier molecular flexibility index (Phi) is 6.80. The van der Waals surface area contributed by atoms with Gasteiger partial charge in [0.2, 0.25) is 5.75 Å². The Morgan fingerprint density at radius 3 is 2.31 bits per heavy atom. The van der Waals surface area contributed by atoms with Gasteiger partial charge in [-0.1, -0.05) is 25.4 Å². The molecular weight excluding hydrogens is 356 g/mol. The molecule has 0 bridgehead atoms. The SMILES string of the molecule is CCOC(=O)Oc1c(OC(C)C)nc(-c2ccc(Cl)cc2)nc1C(C)C. The molecule has 0 saturated heterocycles. The molecule has 0 fully saturated rings. The second kappa shape index (κ2) is 8.85. The molecule has 0 amide bonds. The molecular formula is C19H23ClN2O4. The molecule has 2 rings (SSSR count). The molecule has 0 aliphatic carbocycles. The summed E-state index contributed by atoms with van der Waals surface area (Å²) >= 11 is 5.96. The summed E-state index contributed by atoms with van der Waals surface area (Å²) in [4.78, 5) is 20.9. The van der Waals surface area contributed by atoms with Crippen LogP contribution in [0.25, 0.3) is 11.4 Å². The Bertz CT molecular complexity index is 761. The van der Waals surface area contributed by atoms with Crippen molar-refractivity contribution in [2.45, 2.75) is 46.6 Å². The molecule has 7 heteroatoms. The zero-order chi connectivity index (χ0) is 19.3. The van der Waals surface area contributed by atoms with Gasteiger partial charge in [0.05, 0.1) is 18.4 Å². The third-order valence-corrected chi connectivity index (χ3v) is 3.56. The van der Waals surface area contributed by atoms with E-state index in [0.717, 1.165) is 5.56 Å². The third kappa shape index (κ3) is 5.08. The molecule has 140 valence electrons. The number of hydrogen-bond donors (Lipinski definition) is 0. The van der Waals surface area contributed by atoms with Crippen LogP contribution < -0.4 is 9.47 Å². The molecule has 1 aromatic carbocycles. The normalized spacial score (nSPS) is 10.9. The van der Waals surface area contributed by atoms with Gasteiger partial charge in [0, 0.05) is 10.6 Å². The maximum Gasteiger partial charge on any atom is 0.514 e. The Hall–Kier alpha value is -2.34. The first-order valence-corrected chi connectivity index (χ1v) is 8.88. The number of rotatable bonds is 6. The highest BCUT2D eigenvalue weighted by atomic mass is 35.5. The zero-order valence-electron chi connectivity index (χ0n) is 15.6. The van der Waals surface area contributed by atoms with Crippen molar-refractivity contribution in [3.05, 3.63) is 35.0 Å². The Labute approximate surface area is 158 Å². The quantitative estimate of drug-likeness (QED) is 0.640. The maximum absolute atomic E-state index is 11.8. The molecule has 1 aromatic heterocycles. The van der Waals surface area contributed by atoms with Gasteiger partial charge in [-0.15, -0.1) is 0 Å². The second-order valence-electron chi connectivity index (χ2n) is 6.18. The van der Waals surface area contributed by atoms with Gasteiger partial charge in [-0.2, -0.15) is 4.98 Å². The molecule has 0 aliphatic rings. The highest BCUT2D eigenvalue weighted by molar-refractivity contribution is 6.30. The summed E-state index contributed by atoms with van der Waals surface area (Å²) in [5.74, 6) is 0.835. The predicted octanol–water partition coefficient (Wildman–Crippen LogP) is 5.24. The van der Waals surface area contributed by atoms with E-state index < -0.39 is 6.16 Å². The van der Waals surface area contributed by atoms with Crippen LogP contribution in [0.4, 0.5) is 4.79 Å². The minimum absolute atomic E-state index is 0.0250. The monoisotopic (exact) mass is 378 g/mol. The van der Waals surface area contributed by atoms with E-state index in [4.69, 9.17) is 25.8 Å². The van der Waals surface area contributed by atoms with Crippen molar-refractivity contribution in [1.82, 2.24) is 9.97 Å². The molecule has 2 aromatic rings. The topological polar surface area (TPSA) is 70.5 Å². The van der Waals surface area contributed by atoms with E-state index in [-0.39, 0.29) is 30.3 Å². The van der Waals surface area contributed by atoms with E-state index in [0.29, 0.717) is 16.5 Å². The minimum Gasteiger partial charge on any atom is -0.472 e. The predicted molar refractivity (Wildman–Crippen MR) is 100.0 cm³/mol. The number of carbonyl (C=O) groups is 1. The molecule has 0 unspecified atom stereocenters. The molecule has 26 heavy (non-hydrogen) atoms. The van der Waals surface area contributed by atoms with Crippen molar-refractivity contribution in [3.63, 3.8) is 0 Å². The molecule has 0 radical (unpaired) electrons. The van der Waals surface area contributed by atoms with Gasteiger partial charge in [0.15, 0.2) is 5.82 Å². The maximum atomic E-state index is 11.8. The Morgan fingerprint density at radius 1 is 1.12 bits per heavy atom. The molecule has 0 saturated carbocycles. The lowest BCUT2D eigenvalue weighted by Gasteiger charge is -2.18. The first-order valence-electron chi connectivity index (χ1n) is 8.50. The van der Waals surface area contributed by atoms with Crippen LogP contribution in [-0.2, 0) is 4.74 Å². The number of ether oxygens (including phenoxy) is 3. The lowest BCUT2D eigenvalue weighted by molar-refractivity contribution is 0.100. The molecule has 0 spiro atoms. The fourth-order valence-electron chi connectivity index (χ4n) is 2.20. The lowest BCUT2D eigenvalue weighted by Crippen LogP contribution is -2.17. The molecule has 1 heterocycles. The van der Waals surface area contributed by atoms with E-state index in [1.165, 1.54) is 0 Å². The van der Waals surface area contributed by atoms with Crippen molar-refractivity contribution < 1.29 is 19.0 Å². The summed E-state index contributed by atoms with van der Waals surface area (Å²) < 4.78 is 16.0. The number of halogens is 1. The minimum atomic E-state index is -0.814. The van der Waals surface area contributed by atoms with Crippen molar-refractivity contribution >= 4 is 17.8 Å². The van der Waals surface area contributed by atoms with Gasteiger partial charge >= 0.3 is 6.16 Å². The second-order valence-corrected chi connectivity index (χ2v) is 6.62. The van der Waals surface area contributed by atoms with Gasteiger partial charge in [0.25, 0.3) is 5.88 Å². The molecule has 0 aliphatic heterocycles. The smallest absolute Gasteiger partial charge is 0.472 e. The highest BCUT2D eigenvalue weighted by Crippen LogP contribution is 2.36. The molecule has 6 nitrogen and oxygen atoms in total. The number of benzene rings is 1. The van der Waals surface area contributed by atoms with Crippen LogP contribution in [0.15, 0.2) is 24.3 Å². The lowest BCUT2D eigenvalue weighted by atomic mass is 10.1. The number of nitrogens with zero attached hydrogens (tertiary/aromatic N) is 2. The Balaban J connectivity index is 2.57. The number of carbonyl (C=O) groups excluding carboxylic acids is 1. The standard InChI is InChI=1S/C19H23ClN2O4/c1-6-24-19(23)26-16-15(11(2)3)21-17(22-18(16)25-12(4)5)13-7-9-14(20)10-8-13/h7-12H,6H2,1-5H3. The van der Waals surface area contributed by atoms with Gasteiger partial charge in [0.1, 0.15) is 0 Å². The Morgan fingerprint density at radius 2 is 1.77 bits per heavy atom. The first-order chi connectivity index (χ1) is 12.3.